The molecule has 0 aliphatic heterocycles. The fraction of sp³-hybridized carbons (Fsp3) is 0.600. The van der Waals surface area contributed by atoms with E-state index in [2.05, 4.69) is 44.8 Å². The summed E-state index contributed by atoms with van der Waals surface area (Å²) in [5.41, 5.74) is 1.47. The van der Waals surface area contributed by atoms with Gasteiger partial charge in [0.2, 0.25) is 0 Å². The monoisotopic (exact) mass is 347 g/mol. The molecule has 0 spiro atoms. The Balaban J connectivity index is 2.97. The van der Waals surface area contributed by atoms with E-state index in [0.29, 0.717) is 24.3 Å². The minimum absolute atomic E-state index is 0.295. The van der Waals surface area contributed by atoms with Crippen molar-refractivity contribution in [3.05, 3.63) is 29.8 Å². The highest BCUT2D eigenvalue weighted by Gasteiger charge is 2.18. The molecule has 0 bridgehead atoms. The first-order chi connectivity index (χ1) is 11.9. The number of hydrogen-bond donors (Lipinski definition) is 1. The van der Waals surface area contributed by atoms with E-state index >= 15 is 0 Å². The predicted molar refractivity (Wildman–Crippen MR) is 105 cm³/mol. The lowest BCUT2D eigenvalue weighted by Gasteiger charge is -2.34. The molecule has 140 valence electrons. The van der Waals surface area contributed by atoms with Crippen LogP contribution in [0, 0.1) is 0 Å². The Labute approximate surface area is 152 Å². The van der Waals surface area contributed by atoms with E-state index in [4.69, 9.17) is 9.73 Å². The molecule has 0 heterocycles. The van der Waals surface area contributed by atoms with Crippen molar-refractivity contribution in [2.45, 2.75) is 66.5 Å². The van der Waals surface area contributed by atoms with Gasteiger partial charge in [0.15, 0.2) is 5.96 Å². The molecule has 0 atom stereocenters. The Kier molecular flexibility index (Phi) is 9.03. The maximum absolute atomic E-state index is 11.8. The van der Waals surface area contributed by atoms with E-state index in [1.165, 1.54) is 0 Å². The lowest BCUT2D eigenvalue weighted by atomic mass is 10.2. The number of aliphatic imine (C=N–C) groups is 1. The predicted octanol–water partition coefficient (Wildman–Crippen LogP) is 4.55. The van der Waals surface area contributed by atoms with Gasteiger partial charge < -0.3 is 15.0 Å². The number of guanidine groups is 1. The third kappa shape index (κ3) is 6.77. The van der Waals surface area contributed by atoms with Crippen LogP contribution >= 0.6 is 0 Å². The molecule has 0 saturated carbocycles. The van der Waals surface area contributed by atoms with Crippen LogP contribution in [0.1, 0.15) is 64.7 Å². The molecule has 0 fully saturated rings. The van der Waals surface area contributed by atoms with Crippen molar-refractivity contribution < 1.29 is 9.53 Å². The second kappa shape index (κ2) is 10.7. The van der Waals surface area contributed by atoms with Gasteiger partial charge in [-0.15, -0.1) is 0 Å². The summed E-state index contributed by atoms with van der Waals surface area (Å²) in [4.78, 5) is 18.8. The zero-order valence-corrected chi connectivity index (χ0v) is 16.5. The molecule has 1 N–H and O–H groups in total. The molecule has 5 heteroatoms. The number of nitrogens with zero attached hydrogens (tertiary/aromatic N) is 2. The molecule has 1 aromatic carbocycles. The molecule has 0 aromatic heterocycles. The van der Waals surface area contributed by atoms with Gasteiger partial charge in [0.25, 0.3) is 0 Å². The van der Waals surface area contributed by atoms with Crippen LogP contribution in [0.2, 0.25) is 0 Å². The van der Waals surface area contributed by atoms with Crippen LogP contribution in [0.25, 0.3) is 0 Å². The van der Waals surface area contributed by atoms with E-state index in [-0.39, 0.29) is 5.97 Å². The molecule has 0 amide bonds. The van der Waals surface area contributed by atoms with Crippen molar-refractivity contribution in [3.8, 4) is 0 Å². The molecule has 0 unspecified atom stereocenters. The Morgan fingerprint density at radius 1 is 1.12 bits per heavy atom. The number of anilines is 1. The number of hydrogen-bond acceptors (Lipinski definition) is 3. The second-order valence-electron chi connectivity index (χ2n) is 6.58. The standard InChI is InChI=1S/C20H33N3O2/c1-7-9-14-21-20(23(15(3)4)16(5)6)22-18-12-10-17(11-13-18)19(24)25-8-2/h10-13,15-16H,7-9,14H2,1-6H3,(H,21,22). The number of ether oxygens (including phenoxy) is 1. The fourth-order valence-electron chi connectivity index (χ4n) is 2.65. The summed E-state index contributed by atoms with van der Waals surface area (Å²) in [5.74, 6) is 0.583. The summed E-state index contributed by atoms with van der Waals surface area (Å²) in [6, 6.07) is 8.01. The second-order valence-corrected chi connectivity index (χ2v) is 6.58. The number of nitrogens with one attached hydrogen (secondary N) is 1. The first kappa shape index (κ1) is 21.0. The van der Waals surface area contributed by atoms with Crippen molar-refractivity contribution in [3.63, 3.8) is 0 Å². The molecular formula is C20H33N3O2. The van der Waals surface area contributed by atoms with Crippen LogP contribution in [0.15, 0.2) is 29.3 Å². The van der Waals surface area contributed by atoms with E-state index in [1.807, 2.05) is 12.1 Å². The van der Waals surface area contributed by atoms with Crippen LogP contribution < -0.4 is 5.32 Å². The highest BCUT2D eigenvalue weighted by atomic mass is 16.5. The van der Waals surface area contributed by atoms with Crippen molar-refractivity contribution in [1.29, 1.82) is 0 Å². The van der Waals surface area contributed by atoms with Crippen LogP contribution in [-0.4, -0.2) is 42.1 Å². The SMILES string of the molecule is CCCCN=C(Nc1ccc(C(=O)OCC)cc1)N(C(C)C)C(C)C. The lowest BCUT2D eigenvalue weighted by molar-refractivity contribution is 0.0526. The lowest BCUT2D eigenvalue weighted by Crippen LogP contribution is -2.45. The van der Waals surface area contributed by atoms with Crippen LogP contribution in [-0.2, 0) is 4.74 Å². The van der Waals surface area contributed by atoms with Gasteiger partial charge >= 0.3 is 5.97 Å². The summed E-state index contributed by atoms with van der Waals surface area (Å²) in [6.07, 6.45) is 2.19. The van der Waals surface area contributed by atoms with Gasteiger partial charge in [0, 0.05) is 24.3 Å². The number of rotatable bonds is 8. The Bertz CT molecular complexity index is 543. The number of esters is 1. The fourth-order valence-corrected chi connectivity index (χ4v) is 2.65. The molecule has 0 aliphatic carbocycles. The van der Waals surface area contributed by atoms with E-state index < -0.39 is 0 Å². The number of carbonyl (C=O) groups is 1. The van der Waals surface area contributed by atoms with Crippen molar-refractivity contribution in [2.75, 3.05) is 18.5 Å². The largest absolute Gasteiger partial charge is 0.462 e. The first-order valence-electron chi connectivity index (χ1n) is 9.27. The normalized spacial score (nSPS) is 11.8. The number of carbonyl (C=O) groups excluding carboxylic acids is 1. The van der Waals surface area contributed by atoms with Crippen molar-refractivity contribution in [2.24, 2.45) is 4.99 Å². The van der Waals surface area contributed by atoms with Crippen LogP contribution in [0.3, 0.4) is 0 Å². The van der Waals surface area contributed by atoms with Crippen LogP contribution in [0.4, 0.5) is 5.69 Å². The Morgan fingerprint density at radius 2 is 1.72 bits per heavy atom. The molecular weight excluding hydrogens is 314 g/mol. The molecule has 5 nitrogen and oxygen atoms in total. The van der Waals surface area contributed by atoms with Crippen molar-refractivity contribution >= 4 is 17.6 Å². The van der Waals surface area contributed by atoms with E-state index in [0.717, 1.165) is 31.0 Å². The van der Waals surface area contributed by atoms with E-state index in [9.17, 15) is 4.79 Å². The minimum Gasteiger partial charge on any atom is -0.462 e. The maximum atomic E-state index is 11.8. The third-order valence-electron chi connectivity index (χ3n) is 3.78. The Hall–Kier alpha value is -2.04. The summed E-state index contributed by atoms with van der Waals surface area (Å²) in [6.45, 7) is 13.8. The van der Waals surface area contributed by atoms with Gasteiger partial charge in [-0.2, -0.15) is 0 Å². The maximum Gasteiger partial charge on any atom is 0.338 e. The zero-order valence-electron chi connectivity index (χ0n) is 16.5. The van der Waals surface area contributed by atoms with Gasteiger partial charge in [-0.1, -0.05) is 13.3 Å². The molecule has 0 saturated heterocycles. The Morgan fingerprint density at radius 3 is 2.20 bits per heavy atom. The summed E-state index contributed by atoms with van der Waals surface area (Å²) < 4.78 is 5.02. The summed E-state index contributed by atoms with van der Waals surface area (Å²) in [7, 11) is 0. The van der Waals surface area contributed by atoms with Crippen LogP contribution in [0.5, 0.6) is 0 Å². The highest BCUT2D eigenvalue weighted by Crippen LogP contribution is 2.14. The summed E-state index contributed by atoms with van der Waals surface area (Å²) in [5, 5.41) is 3.42. The average molecular weight is 348 g/mol. The molecule has 0 aliphatic rings. The third-order valence-corrected chi connectivity index (χ3v) is 3.78. The van der Waals surface area contributed by atoms with Gasteiger partial charge in [-0.05, 0) is 65.3 Å². The first-order valence-corrected chi connectivity index (χ1v) is 9.27. The minimum atomic E-state index is -0.295. The smallest absolute Gasteiger partial charge is 0.338 e. The van der Waals surface area contributed by atoms with Gasteiger partial charge in [-0.3, -0.25) is 4.99 Å². The molecule has 0 radical (unpaired) electrons. The molecule has 25 heavy (non-hydrogen) atoms. The number of benzene rings is 1. The molecule has 1 aromatic rings. The summed E-state index contributed by atoms with van der Waals surface area (Å²) >= 11 is 0. The zero-order chi connectivity index (χ0) is 18.8. The van der Waals surface area contributed by atoms with Crippen molar-refractivity contribution in [1.82, 2.24) is 4.90 Å². The highest BCUT2D eigenvalue weighted by molar-refractivity contribution is 5.95. The van der Waals surface area contributed by atoms with Gasteiger partial charge in [-0.25, -0.2) is 4.79 Å². The topological polar surface area (TPSA) is 53.9 Å². The van der Waals surface area contributed by atoms with Gasteiger partial charge in [0.1, 0.15) is 0 Å². The van der Waals surface area contributed by atoms with Gasteiger partial charge in [0.05, 0.1) is 12.2 Å². The average Bonchev–Trinajstić information content (AvgIpc) is 2.55. The number of unbranched alkanes of at least 4 members (excludes halogenated alkanes) is 1. The quantitative estimate of drug-likeness (QED) is 0.324. The van der Waals surface area contributed by atoms with E-state index in [1.54, 1.807) is 19.1 Å². The molecule has 1 rings (SSSR count).